The van der Waals surface area contributed by atoms with Gasteiger partial charge in [0.25, 0.3) is 10.0 Å². The summed E-state index contributed by atoms with van der Waals surface area (Å²) in [5.41, 5.74) is 1.20. The highest BCUT2D eigenvalue weighted by atomic mass is 32.2. The molecule has 5 nitrogen and oxygen atoms in total. The van der Waals surface area contributed by atoms with Crippen molar-refractivity contribution in [3.63, 3.8) is 0 Å². The molecule has 0 fully saturated rings. The zero-order chi connectivity index (χ0) is 14.8. The van der Waals surface area contributed by atoms with Gasteiger partial charge in [-0.1, -0.05) is 30.9 Å². The van der Waals surface area contributed by atoms with Crippen LogP contribution < -0.4 is 4.72 Å². The molecule has 0 spiro atoms. The second-order valence-electron chi connectivity index (χ2n) is 4.06. The van der Waals surface area contributed by atoms with Gasteiger partial charge in [0.15, 0.2) is 11.5 Å². The first-order valence-electron chi connectivity index (χ1n) is 5.70. The minimum Gasteiger partial charge on any atom is -0.504 e. The van der Waals surface area contributed by atoms with E-state index in [1.807, 2.05) is 0 Å². The number of hydrogen-bond acceptors (Lipinski definition) is 4. The Labute approximate surface area is 116 Å². The summed E-state index contributed by atoms with van der Waals surface area (Å²) in [5, 5.41) is 19.0. The molecular formula is C14H13NO4S. The number of phenols is 2. The fraction of sp³-hybridized carbons (Fsp3) is 0. The molecule has 2 rings (SSSR count). The molecule has 0 aliphatic rings. The van der Waals surface area contributed by atoms with Crippen LogP contribution in [0.15, 0.2) is 53.9 Å². The third-order valence-corrected chi connectivity index (χ3v) is 4.08. The van der Waals surface area contributed by atoms with Crippen LogP contribution in [0, 0.1) is 0 Å². The Morgan fingerprint density at radius 1 is 1.05 bits per heavy atom. The Kier molecular flexibility index (Phi) is 3.67. The molecule has 2 aromatic carbocycles. The maximum Gasteiger partial charge on any atom is 0.265 e. The molecule has 0 heterocycles. The summed E-state index contributed by atoms with van der Waals surface area (Å²) in [4.78, 5) is -0.384. The molecule has 0 aliphatic heterocycles. The summed E-state index contributed by atoms with van der Waals surface area (Å²) in [6.07, 6.45) is 1.64. The van der Waals surface area contributed by atoms with Crippen molar-refractivity contribution in [1.29, 1.82) is 0 Å². The third-order valence-electron chi connectivity index (χ3n) is 2.67. The number of phenolic OH excluding ortho intramolecular Hbond substituents is 2. The van der Waals surface area contributed by atoms with Crippen molar-refractivity contribution >= 4 is 21.8 Å². The van der Waals surface area contributed by atoms with E-state index in [9.17, 15) is 18.6 Å². The lowest BCUT2D eigenvalue weighted by Crippen LogP contribution is -2.13. The van der Waals surface area contributed by atoms with E-state index in [0.29, 0.717) is 5.69 Å². The number of para-hydroxylation sites is 1. The second kappa shape index (κ2) is 5.26. The summed E-state index contributed by atoms with van der Waals surface area (Å²) < 4.78 is 26.6. The largest absolute Gasteiger partial charge is 0.504 e. The molecule has 0 saturated carbocycles. The van der Waals surface area contributed by atoms with Gasteiger partial charge in [-0.05, 0) is 29.8 Å². The maximum atomic E-state index is 12.1. The smallest absolute Gasteiger partial charge is 0.265 e. The standard InChI is InChI=1S/C14H13NO4S/c1-2-10-6-8-11(9-7-10)15-20(18,19)13-5-3-4-12(16)14(13)17/h2-9,15-17H,1H2. The van der Waals surface area contributed by atoms with Crippen molar-refractivity contribution in [1.82, 2.24) is 0 Å². The van der Waals surface area contributed by atoms with E-state index in [-0.39, 0.29) is 4.90 Å². The van der Waals surface area contributed by atoms with Crippen LogP contribution in [0.4, 0.5) is 5.69 Å². The van der Waals surface area contributed by atoms with E-state index < -0.39 is 21.5 Å². The molecule has 2 aromatic rings. The van der Waals surface area contributed by atoms with Crippen molar-refractivity contribution in [2.75, 3.05) is 4.72 Å². The minimum atomic E-state index is -3.97. The van der Waals surface area contributed by atoms with Crippen molar-refractivity contribution in [2.24, 2.45) is 0 Å². The highest BCUT2D eigenvalue weighted by Crippen LogP contribution is 2.32. The average molecular weight is 291 g/mol. The summed E-state index contributed by atoms with van der Waals surface area (Å²) in [5.74, 6) is -1.17. The highest BCUT2D eigenvalue weighted by Gasteiger charge is 2.20. The summed E-state index contributed by atoms with van der Waals surface area (Å²) in [6.45, 7) is 3.60. The Morgan fingerprint density at radius 3 is 2.30 bits per heavy atom. The van der Waals surface area contributed by atoms with E-state index in [4.69, 9.17) is 0 Å². The van der Waals surface area contributed by atoms with Crippen LogP contribution in [0.1, 0.15) is 5.56 Å². The van der Waals surface area contributed by atoms with Gasteiger partial charge < -0.3 is 10.2 Å². The van der Waals surface area contributed by atoms with E-state index in [2.05, 4.69) is 11.3 Å². The molecule has 0 radical (unpaired) electrons. The van der Waals surface area contributed by atoms with E-state index in [1.54, 1.807) is 30.3 Å². The number of rotatable bonds is 4. The molecule has 0 amide bonds. The number of aromatic hydroxyl groups is 2. The van der Waals surface area contributed by atoms with Crippen molar-refractivity contribution < 1.29 is 18.6 Å². The monoisotopic (exact) mass is 291 g/mol. The highest BCUT2D eigenvalue weighted by molar-refractivity contribution is 7.92. The molecule has 0 aromatic heterocycles. The Balaban J connectivity index is 2.35. The van der Waals surface area contributed by atoms with Gasteiger partial charge in [0.1, 0.15) is 4.90 Å². The average Bonchev–Trinajstić information content (AvgIpc) is 2.42. The van der Waals surface area contributed by atoms with Crippen LogP contribution in [0.2, 0.25) is 0 Å². The van der Waals surface area contributed by atoms with Crippen molar-refractivity contribution in [3.8, 4) is 11.5 Å². The number of nitrogens with one attached hydrogen (secondary N) is 1. The Morgan fingerprint density at radius 2 is 1.70 bits per heavy atom. The van der Waals surface area contributed by atoms with Crippen LogP contribution >= 0.6 is 0 Å². The zero-order valence-electron chi connectivity index (χ0n) is 10.4. The minimum absolute atomic E-state index is 0.346. The summed E-state index contributed by atoms with van der Waals surface area (Å²) in [7, 11) is -3.97. The molecule has 0 saturated heterocycles. The number of sulfonamides is 1. The fourth-order valence-electron chi connectivity index (χ4n) is 1.62. The zero-order valence-corrected chi connectivity index (χ0v) is 11.3. The molecule has 3 N–H and O–H groups in total. The van der Waals surface area contributed by atoms with Crippen LogP contribution in [0.3, 0.4) is 0 Å². The lowest BCUT2D eigenvalue weighted by atomic mass is 10.2. The maximum absolute atomic E-state index is 12.1. The first-order valence-corrected chi connectivity index (χ1v) is 7.18. The lowest BCUT2D eigenvalue weighted by molar-refractivity contribution is 0.393. The van der Waals surface area contributed by atoms with Crippen LogP contribution in [0.25, 0.3) is 6.08 Å². The Bertz CT molecular complexity index is 736. The van der Waals surface area contributed by atoms with Gasteiger partial charge >= 0.3 is 0 Å². The predicted octanol–water partition coefficient (Wildman–Crippen LogP) is 2.54. The molecule has 6 heteroatoms. The third kappa shape index (κ3) is 2.75. The molecule has 0 aliphatic carbocycles. The van der Waals surface area contributed by atoms with E-state index in [1.165, 1.54) is 18.2 Å². The quantitative estimate of drug-likeness (QED) is 0.755. The second-order valence-corrected chi connectivity index (χ2v) is 5.71. The summed E-state index contributed by atoms with van der Waals surface area (Å²) >= 11 is 0. The SMILES string of the molecule is C=Cc1ccc(NS(=O)(=O)c2cccc(O)c2O)cc1. The van der Waals surface area contributed by atoms with Gasteiger partial charge in [-0.25, -0.2) is 8.42 Å². The van der Waals surface area contributed by atoms with Gasteiger partial charge in [-0.2, -0.15) is 0 Å². The first-order chi connectivity index (χ1) is 9.44. The number of anilines is 1. The normalized spacial score (nSPS) is 11.0. The van der Waals surface area contributed by atoms with Crippen molar-refractivity contribution in [3.05, 3.63) is 54.6 Å². The Hall–Kier alpha value is -2.47. The van der Waals surface area contributed by atoms with Crippen molar-refractivity contribution in [2.45, 2.75) is 4.90 Å². The molecule has 0 bridgehead atoms. The molecule has 104 valence electrons. The predicted molar refractivity (Wildman–Crippen MR) is 77.1 cm³/mol. The summed E-state index contributed by atoms with van der Waals surface area (Å²) in [6, 6.07) is 10.3. The molecule has 20 heavy (non-hydrogen) atoms. The molecule has 0 unspecified atom stereocenters. The van der Waals surface area contributed by atoms with Gasteiger partial charge in [-0.3, -0.25) is 4.72 Å². The lowest BCUT2D eigenvalue weighted by Gasteiger charge is -2.10. The topological polar surface area (TPSA) is 86.6 Å². The van der Waals surface area contributed by atoms with E-state index >= 15 is 0 Å². The van der Waals surface area contributed by atoms with Gasteiger partial charge in [0, 0.05) is 5.69 Å². The van der Waals surface area contributed by atoms with Crippen LogP contribution in [-0.4, -0.2) is 18.6 Å². The van der Waals surface area contributed by atoms with Crippen LogP contribution in [0.5, 0.6) is 11.5 Å². The molecule has 0 atom stereocenters. The van der Waals surface area contributed by atoms with Gasteiger partial charge in [-0.15, -0.1) is 0 Å². The first kappa shape index (κ1) is 14.0. The number of hydrogen-bond donors (Lipinski definition) is 3. The van der Waals surface area contributed by atoms with E-state index in [0.717, 1.165) is 5.56 Å². The number of benzene rings is 2. The molecular weight excluding hydrogens is 278 g/mol. The fourth-order valence-corrected chi connectivity index (χ4v) is 2.80. The van der Waals surface area contributed by atoms with Crippen LogP contribution in [-0.2, 0) is 10.0 Å². The van der Waals surface area contributed by atoms with Gasteiger partial charge in [0.2, 0.25) is 0 Å². The van der Waals surface area contributed by atoms with Gasteiger partial charge in [0.05, 0.1) is 0 Å².